The van der Waals surface area contributed by atoms with Gasteiger partial charge in [0.05, 0.1) is 41.7 Å². The lowest BCUT2D eigenvalue weighted by Gasteiger charge is -2.31. The van der Waals surface area contributed by atoms with E-state index in [1.807, 2.05) is 74.5 Å². The number of sulfonamides is 1. The maximum atomic E-state index is 14.2. The minimum atomic E-state index is -4.08. The smallest absolute Gasteiger partial charge is 0.407 e. The Bertz CT molecular complexity index is 1770. The summed E-state index contributed by atoms with van der Waals surface area (Å²) < 4.78 is 46.6. The van der Waals surface area contributed by atoms with Crippen molar-refractivity contribution in [2.45, 2.75) is 62.7 Å². The number of aromatic amines is 1. The molecule has 13 heteroatoms. The molecule has 2 fully saturated rings. The fraction of sp³-hybridized carbons (Fsp3) is 0.429. The molecule has 3 heterocycles. The van der Waals surface area contributed by atoms with Crippen LogP contribution in [-0.2, 0) is 37.2 Å². The predicted molar refractivity (Wildman–Crippen MR) is 181 cm³/mol. The number of aliphatic hydroxyl groups excluding tert-OH is 1. The number of hydrogen-bond donors (Lipinski definition) is 4. The third kappa shape index (κ3) is 7.99. The number of amides is 1. The van der Waals surface area contributed by atoms with Gasteiger partial charge >= 0.3 is 6.09 Å². The summed E-state index contributed by atoms with van der Waals surface area (Å²) >= 11 is 0. The van der Waals surface area contributed by atoms with Gasteiger partial charge in [0.25, 0.3) is 0 Å². The first-order valence-electron chi connectivity index (χ1n) is 16.4. The van der Waals surface area contributed by atoms with Gasteiger partial charge < -0.3 is 30.0 Å². The summed E-state index contributed by atoms with van der Waals surface area (Å²) in [6.45, 7) is 5.05. The first kappa shape index (κ1) is 33.9. The molecule has 2 saturated heterocycles. The summed E-state index contributed by atoms with van der Waals surface area (Å²) in [7, 11) is -4.08. The Balaban J connectivity index is 1.21. The summed E-state index contributed by atoms with van der Waals surface area (Å²) in [5.74, 6) is 0.457. The second-order valence-electron chi connectivity index (χ2n) is 12.8. The van der Waals surface area contributed by atoms with E-state index in [1.165, 1.54) is 10.4 Å². The molecule has 0 saturated carbocycles. The SMILES string of the molecule is CC(C)CN(C[C@@H](O)[C@H](Cc1ccccc1)NC(=O)O[C@H]1CO[C@H]2OCC[C@H]21)S(=O)(=O)c1ccc2[nH]nc(NCc3ccccc3)c2c1. The minimum Gasteiger partial charge on any atom is -0.443 e. The number of anilines is 1. The van der Waals surface area contributed by atoms with E-state index >= 15 is 0 Å². The molecule has 6 rings (SSSR count). The molecular weight excluding hydrogens is 634 g/mol. The maximum Gasteiger partial charge on any atom is 0.407 e. The van der Waals surface area contributed by atoms with Crippen molar-refractivity contribution in [2.24, 2.45) is 11.8 Å². The number of nitrogens with one attached hydrogen (secondary N) is 3. The number of aliphatic hydroxyl groups is 1. The Morgan fingerprint density at radius 2 is 1.77 bits per heavy atom. The Morgan fingerprint density at radius 1 is 1.04 bits per heavy atom. The topological polar surface area (TPSA) is 155 Å². The first-order chi connectivity index (χ1) is 23.2. The molecule has 5 atom stereocenters. The molecule has 0 aliphatic carbocycles. The number of carbonyl (C=O) groups is 1. The van der Waals surface area contributed by atoms with Crippen molar-refractivity contribution in [3.8, 4) is 0 Å². The molecule has 3 aromatic carbocycles. The second-order valence-corrected chi connectivity index (χ2v) is 14.7. The third-order valence-corrected chi connectivity index (χ3v) is 10.6. The number of hydrogen-bond acceptors (Lipinski definition) is 9. The van der Waals surface area contributed by atoms with Crippen molar-refractivity contribution in [3.63, 3.8) is 0 Å². The number of rotatable bonds is 14. The van der Waals surface area contributed by atoms with Crippen LogP contribution in [0.15, 0.2) is 83.8 Å². The lowest BCUT2D eigenvalue weighted by atomic mass is 10.0. The highest BCUT2D eigenvalue weighted by molar-refractivity contribution is 7.89. The molecule has 0 radical (unpaired) electrons. The van der Waals surface area contributed by atoms with E-state index in [4.69, 9.17) is 14.2 Å². The van der Waals surface area contributed by atoms with Crippen LogP contribution in [0.3, 0.4) is 0 Å². The van der Waals surface area contributed by atoms with Gasteiger partial charge in [0.15, 0.2) is 12.1 Å². The number of aromatic nitrogens is 2. The minimum absolute atomic E-state index is 0.0397. The van der Waals surface area contributed by atoms with Gasteiger partial charge in [0.2, 0.25) is 10.0 Å². The van der Waals surface area contributed by atoms with E-state index in [0.29, 0.717) is 29.9 Å². The summed E-state index contributed by atoms with van der Waals surface area (Å²) in [6, 6.07) is 23.2. The van der Waals surface area contributed by atoms with Crippen LogP contribution in [0.5, 0.6) is 0 Å². The molecule has 0 unspecified atom stereocenters. The Morgan fingerprint density at radius 3 is 2.50 bits per heavy atom. The molecule has 1 amide bonds. The first-order valence-corrected chi connectivity index (χ1v) is 17.8. The molecule has 4 N–H and O–H groups in total. The van der Waals surface area contributed by atoms with Gasteiger partial charge in [-0.15, -0.1) is 0 Å². The average Bonchev–Trinajstić information content (AvgIpc) is 3.81. The highest BCUT2D eigenvalue weighted by Gasteiger charge is 2.44. The van der Waals surface area contributed by atoms with E-state index < -0.39 is 34.4 Å². The molecule has 48 heavy (non-hydrogen) atoms. The van der Waals surface area contributed by atoms with Crippen LogP contribution >= 0.6 is 0 Å². The standard InChI is InChI=1S/C35H43N5O7S/c1-23(2)20-40(48(43,44)26-13-14-29-28(18-26)33(39-38-29)36-19-25-11-7-4-8-12-25)21-31(41)30(17-24-9-5-3-6-10-24)37-35(42)47-32-22-46-34-27(32)15-16-45-34/h3-14,18,23,27,30-32,34,41H,15-17,19-22H2,1-2H3,(H,37,42)(H2,36,38,39)/t27-,30-,31+,32-,34+/m0/s1. The van der Waals surface area contributed by atoms with Gasteiger partial charge in [-0.1, -0.05) is 74.5 Å². The molecule has 0 spiro atoms. The molecule has 2 aliphatic heterocycles. The van der Waals surface area contributed by atoms with E-state index in [1.54, 1.807) is 12.1 Å². The Hall–Kier alpha value is -4.01. The molecular formula is C35H43N5O7S. The van der Waals surface area contributed by atoms with Crippen molar-refractivity contribution in [2.75, 3.05) is 31.6 Å². The van der Waals surface area contributed by atoms with Crippen molar-refractivity contribution >= 4 is 32.8 Å². The highest BCUT2D eigenvalue weighted by atomic mass is 32.2. The van der Waals surface area contributed by atoms with Gasteiger partial charge in [-0.3, -0.25) is 5.10 Å². The predicted octanol–water partition coefficient (Wildman–Crippen LogP) is 4.28. The molecule has 12 nitrogen and oxygen atoms in total. The van der Waals surface area contributed by atoms with Crippen molar-refractivity contribution in [1.29, 1.82) is 0 Å². The van der Waals surface area contributed by atoms with Gasteiger partial charge in [-0.25, -0.2) is 13.2 Å². The molecule has 2 aliphatic rings. The van der Waals surface area contributed by atoms with Crippen LogP contribution in [-0.4, -0.2) is 85.0 Å². The number of H-pyrrole nitrogens is 1. The summed E-state index contributed by atoms with van der Waals surface area (Å²) in [5, 5.41) is 25.7. The van der Waals surface area contributed by atoms with Crippen LogP contribution in [0.25, 0.3) is 10.9 Å². The fourth-order valence-corrected chi connectivity index (χ4v) is 7.90. The molecule has 1 aromatic heterocycles. The Labute approximate surface area is 280 Å². The zero-order valence-electron chi connectivity index (χ0n) is 27.1. The lowest BCUT2D eigenvalue weighted by Crippen LogP contribution is -2.51. The van der Waals surface area contributed by atoms with E-state index in [0.717, 1.165) is 17.5 Å². The number of alkyl carbamates (subject to hydrolysis) is 1. The molecule has 4 aromatic rings. The molecule has 256 valence electrons. The van der Waals surface area contributed by atoms with Gasteiger partial charge in [0.1, 0.15) is 6.10 Å². The van der Waals surface area contributed by atoms with Crippen LogP contribution in [0, 0.1) is 11.8 Å². The normalized spacial score (nSPS) is 20.6. The van der Waals surface area contributed by atoms with E-state index in [9.17, 15) is 18.3 Å². The quantitative estimate of drug-likeness (QED) is 0.153. The number of benzene rings is 3. The highest BCUT2D eigenvalue weighted by Crippen LogP contribution is 2.33. The summed E-state index contributed by atoms with van der Waals surface area (Å²) in [5.41, 5.74) is 2.62. The van der Waals surface area contributed by atoms with Crippen molar-refractivity contribution in [1.82, 2.24) is 19.8 Å². The van der Waals surface area contributed by atoms with Gasteiger partial charge in [0, 0.05) is 25.0 Å². The van der Waals surface area contributed by atoms with Crippen LogP contribution in [0.4, 0.5) is 10.6 Å². The van der Waals surface area contributed by atoms with E-state index in [2.05, 4.69) is 20.8 Å². The fourth-order valence-electron chi connectivity index (χ4n) is 6.25. The zero-order valence-corrected chi connectivity index (χ0v) is 27.9. The number of ether oxygens (including phenoxy) is 3. The molecule has 0 bridgehead atoms. The van der Waals surface area contributed by atoms with Crippen molar-refractivity contribution in [3.05, 3.63) is 90.0 Å². The maximum absolute atomic E-state index is 14.2. The monoisotopic (exact) mass is 677 g/mol. The van der Waals surface area contributed by atoms with Crippen LogP contribution in [0.2, 0.25) is 0 Å². The zero-order chi connectivity index (χ0) is 33.7. The number of carbonyl (C=O) groups excluding carboxylic acids is 1. The van der Waals surface area contributed by atoms with Gasteiger partial charge in [-0.05, 0) is 48.1 Å². The summed E-state index contributed by atoms with van der Waals surface area (Å²) in [6.07, 6.45) is -1.80. The average molecular weight is 678 g/mol. The van der Waals surface area contributed by atoms with Crippen LogP contribution < -0.4 is 10.6 Å². The number of nitrogens with zero attached hydrogens (tertiary/aromatic N) is 2. The summed E-state index contributed by atoms with van der Waals surface area (Å²) in [4.78, 5) is 13.2. The third-order valence-electron chi connectivity index (χ3n) is 8.74. The largest absolute Gasteiger partial charge is 0.443 e. The van der Waals surface area contributed by atoms with Crippen LogP contribution in [0.1, 0.15) is 31.4 Å². The lowest BCUT2D eigenvalue weighted by molar-refractivity contribution is -0.0907. The van der Waals surface area contributed by atoms with Crippen molar-refractivity contribution < 1.29 is 32.5 Å². The Kier molecular flexibility index (Phi) is 10.6. The number of fused-ring (bicyclic) bond motifs is 2. The van der Waals surface area contributed by atoms with Gasteiger partial charge in [-0.2, -0.15) is 9.40 Å². The van der Waals surface area contributed by atoms with E-state index in [-0.39, 0.29) is 49.1 Å². The second kappa shape index (κ2) is 15.0.